The van der Waals surface area contributed by atoms with Gasteiger partial charge in [-0.15, -0.1) is 12.4 Å². The topological polar surface area (TPSA) is 97.3 Å². The van der Waals surface area contributed by atoms with Crippen molar-refractivity contribution in [3.05, 3.63) is 48.3 Å². The van der Waals surface area contributed by atoms with Gasteiger partial charge in [-0.1, -0.05) is 12.1 Å². The van der Waals surface area contributed by atoms with E-state index in [2.05, 4.69) is 21.0 Å². The minimum atomic E-state index is -0.154. The molecule has 27 heavy (non-hydrogen) atoms. The Hall–Kier alpha value is -2.42. The summed E-state index contributed by atoms with van der Waals surface area (Å²) in [6.07, 6.45) is 3.75. The normalized spacial score (nSPS) is 16.2. The zero-order chi connectivity index (χ0) is 18.2. The summed E-state index contributed by atoms with van der Waals surface area (Å²) in [5, 5.41) is 13.0. The third-order valence-corrected chi connectivity index (χ3v) is 4.00. The van der Waals surface area contributed by atoms with Gasteiger partial charge in [-0.05, 0) is 23.8 Å². The zero-order valence-electron chi connectivity index (χ0n) is 14.9. The fourth-order valence-electron chi connectivity index (χ4n) is 2.75. The van der Waals surface area contributed by atoms with Crippen LogP contribution in [-0.2, 0) is 27.4 Å². The molecule has 1 aromatic carbocycles. The predicted octanol–water partition coefficient (Wildman–Crippen LogP) is 0.938. The molecule has 1 aliphatic rings. The summed E-state index contributed by atoms with van der Waals surface area (Å²) >= 11 is 0. The van der Waals surface area contributed by atoms with Crippen molar-refractivity contribution in [2.75, 3.05) is 25.1 Å². The van der Waals surface area contributed by atoms with Crippen LogP contribution in [0.25, 0.3) is 0 Å². The number of nitrogens with zero attached hydrogens (tertiary/aromatic N) is 2. The highest BCUT2D eigenvalue weighted by atomic mass is 35.5. The van der Waals surface area contributed by atoms with Crippen molar-refractivity contribution in [1.29, 1.82) is 0 Å². The molecule has 146 valence electrons. The molecule has 0 radical (unpaired) electrons. The third kappa shape index (κ3) is 7.01. The Balaban J connectivity index is 0.00000261. The average molecular weight is 394 g/mol. The van der Waals surface area contributed by atoms with Crippen molar-refractivity contribution in [3.63, 3.8) is 0 Å². The molecule has 0 aliphatic carbocycles. The smallest absolute Gasteiger partial charge is 0.246 e. The Morgan fingerprint density at radius 2 is 2.19 bits per heavy atom. The van der Waals surface area contributed by atoms with Crippen LogP contribution < -0.4 is 16.0 Å². The molecule has 2 heterocycles. The van der Waals surface area contributed by atoms with Crippen molar-refractivity contribution in [2.45, 2.75) is 25.6 Å². The van der Waals surface area contributed by atoms with Crippen molar-refractivity contribution in [2.24, 2.45) is 0 Å². The summed E-state index contributed by atoms with van der Waals surface area (Å²) in [6, 6.07) is 9.26. The molecule has 0 spiro atoms. The summed E-state index contributed by atoms with van der Waals surface area (Å²) in [7, 11) is 0. The highest BCUT2D eigenvalue weighted by Gasteiger charge is 2.16. The minimum Gasteiger partial charge on any atom is -0.378 e. The molecule has 9 heteroatoms. The number of hydrogen-bond donors (Lipinski definition) is 3. The molecule has 2 aromatic rings. The minimum absolute atomic E-state index is 0. The molecule has 1 saturated heterocycles. The van der Waals surface area contributed by atoms with Crippen LogP contribution in [0.4, 0.5) is 5.69 Å². The number of amides is 2. The number of rotatable bonds is 7. The van der Waals surface area contributed by atoms with Crippen molar-refractivity contribution < 1.29 is 14.3 Å². The quantitative estimate of drug-likeness (QED) is 0.650. The van der Waals surface area contributed by atoms with Crippen molar-refractivity contribution in [1.82, 2.24) is 20.4 Å². The van der Waals surface area contributed by atoms with Gasteiger partial charge in [0.25, 0.3) is 0 Å². The molecule has 2 amide bonds. The van der Waals surface area contributed by atoms with Crippen LogP contribution in [-0.4, -0.2) is 47.4 Å². The molecule has 1 unspecified atom stereocenters. The Kier molecular flexibility index (Phi) is 8.25. The second kappa shape index (κ2) is 10.7. The molecule has 1 fully saturated rings. The number of nitrogens with one attached hydrogen (secondary N) is 3. The predicted molar refractivity (Wildman–Crippen MR) is 104 cm³/mol. The molecule has 3 rings (SSSR count). The average Bonchev–Trinajstić information content (AvgIpc) is 3.14. The summed E-state index contributed by atoms with van der Waals surface area (Å²) in [4.78, 5) is 24.1. The zero-order valence-corrected chi connectivity index (χ0v) is 15.7. The number of benzene rings is 1. The van der Waals surface area contributed by atoms with Crippen LogP contribution >= 0.6 is 12.4 Å². The van der Waals surface area contributed by atoms with Gasteiger partial charge in [0.05, 0.1) is 13.2 Å². The van der Waals surface area contributed by atoms with E-state index in [0.29, 0.717) is 31.9 Å². The molecule has 1 aromatic heterocycles. The largest absolute Gasteiger partial charge is 0.378 e. The number of halogens is 1. The van der Waals surface area contributed by atoms with E-state index in [4.69, 9.17) is 4.74 Å². The Bertz CT molecular complexity index is 732. The second-order valence-corrected chi connectivity index (χ2v) is 6.16. The number of carbonyl (C=O) groups excluding carboxylic acids is 2. The Morgan fingerprint density at radius 3 is 2.93 bits per heavy atom. The third-order valence-electron chi connectivity index (χ3n) is 4.00. The van der Waals surface area contributed by atoms with E-state index in [0.717, 1.165) is 12.1 Å². The van der Waals surface area contributed by atoms with Crippen LogP contribution in [0.15, 0.2) is 42.7 Å². The number of hydrogen-bond acceptors (Lipinski definition) is 5. The van der Waals surface area contributed by atoms with Crippen molar-refractivity contribution in [3.8, 4) is 0 Å². The van der Waals surface area contributed by atoms with Gasteiger partial charge in [-0.2, -0.15) is 5.10 Å². The lowest BCUT2D eigenvalue weighted by Crippen LogP contribution is -2.44. The molecule has 3 N–H and O–H groups in total. The highest BCUT2D eigenvalue weighted by molar-refractivity contribution is 5.90. The Labute approximate surface area is 164 Å². The fraction of sp³-hybridized carbons (Fsp3) is 0.389. The molecule has 8 nitrogen and oxygen atoms in total. The number of morpholine rings is 1. The SMILES string of the molecule is Cl.O=C(CC1COCCN1)NCc1cccc(NC(=O)Cn2cccn2)c1. The van der Waals surface area contributed by atoms with Gasteiger partial charge >= 0.3 is 0 Å². The van der Waals surface area contributed by atoms with E-state index >= 15 is 0 Å². The molecular weight excluding hydrogens is 370 g/mol. The van der Waals surface area contributed by atoms with E-state index in [1.807, 2.05) is 24.3 Å². The van der Waals surface area contributed by atoms with E-state index < -0.39 is 0 Å². The van der Waals surface area contributed by atoms with Gasteiger partial charge in [0.15, 0.2) is 0 Å². The molecular formula is C18H24ClN5O3. The standard InChI is InChI=1S/C18H23N5O3.ClH/c24-17(10-16-13-26-8-6-19-16)20-11-14-3-1-4-15(9-14)22-18(25)12-23-7-2-5-21-23;/h1-5,7,9,16,19H,6,8,10-13H2,(H,20,24)(H,22,25);1H. The van der Waals surface area contributed by atoms with Gasteiger partial charge in [0.1, 0.15) is 6.54 Å². The lowest BCUT2D eigenvalue weighted by atomic mass is 10.1. The van der Waals surface area contributed by atoms with Gasteiger partial charge < -0.3 is 20.7 Å². The monoisotopic (exact) mass is 393 g/mol. The maximum Gasteiger partial charge on any atom is 0.246 e. The summed E-state index contributed by atoms with van der Waals surface area (Å²) in [6.45, 7) is 2.60. The second-order valence-electron chi connectivity index (χ2n) is 6.16. The lowest BCUT2D eigenvalue weighted by molar-refractivity contribution is -0.122. The molecule has 1 aliphatic heterocycles. The molecule has 0 saturated carbocycles. The number of ether oxygens (including phenoxy) is 1. The summed E-state index contributed by atoms with van der Waals surface area (Å²) in [5.74, 6) is -0.181. The fourth-order valence-corrected chi connectivity index (χ4v) is 2.75. The first-order valence-electron chi connectivity index (χ1n) is 8.63. The highest BCUT2D eigenvalue weighted by Crippen LogP contribution is 2.11. The van der Waals surface area contributed by atoms with Gasteiger partial charge in [-0.25, -0.2) is 0 Å². The van der Waals surface area contributed by atoms with Crippen molar-refractivity contribution >= 4 is 29.9 Å². The number of carbonyl (C=O) groups is 2. The van der Waals surface area contributed by atoms with Crippen LogP contribution in [0.3, 0.4) is 0 Å². The van der Waals surface area contributed by atoms with Crippen LogP contribution in [0.5, 0.6) is 0 Å². The van der Waals surface area contributed by atoms with E-state index in [1.54, 1.807) is 23.1 Å². The van der Waals surface area contributed by atoms with Gasteiger partial charge in [0.2, 0.25) is 11.8 Å². The number of anilines is 1. The first kappa shape index (κ1) is 20.9. The van der Waals surface area contributed by atoms with Gasteiger partial charge in [0, 0.05) is 43.6 Å². The van der Waals surface area contributed by atoms with E-state index in [-0.39, 0.29) is 36.8 Å². The van der Waals surface area contributed by atoms with E-state index in [1.165, 1.54) is 0 Å². The van der Waals surface area contributed by atoms with Crippen LogP contribution in [0.2, 0.25) is 0 Å². The maximum absolute atomic E-state index is 12.0. The molecule has 0 bridgehead atoms. The molecule has 1 atom stereocenters. The lowest BCUT2D eigenvalue weighted by Gasteiger charge is -2.23. The maximum atomic E-state index is 12.0. The van der Waals surface area contributed by atoms with Gasteiger partial charge in [-0.3, -0.25) is 14.3 Å². The van der Waals surface area contributed by atoms with E-state index in [9.17, 15) is 9.59 Å². The summed E-state index contributed by atoms with van der Waals surface area (Å²) in [5.41, 5.74) is 1.61. The summed E-state index contributed by atoms with van der Waals surface area (Å²) < 4.78 is 6.90. The Morgan fingerprint density at radius 1 is 1.30 bits per heavy atom. The van der Waals surface area contributed by atoms with Crippen LogP contribution in [0, 0.1) is 0 Å². The van der Waals surface area contributed by atoms with Crippen LogP contribution in [0.1, 0.15) is 12.0 Å². The number of aromatic nitrogens is 2. The first-order valence-corrected chi connectivity index (χ1v) is 8.63. The first-order chi connectivity index (χ1) is 12.7.